The number of aliphatic hydroxyl groups is 1. The third kappa shape index (κ3) is 5.07. The van der Waals surface area contributed by atoms with Crippen LogP contribution in [0.2, 0.25) is 18.6 Å². The van der Waals surface area contributed by atoms with E-state index in [-0.39, 0.29) is 23.3 Å². The number of carbonyl (C=O) groups is 2. The number of anilines is 2. The summed E-state index contributed by atoms with van der Waals surface area (Å²) in [5, 5.41) is 19.3. The Balaban J connectivity index is 1.15. The number of aliphatic hydroxyl groups excluding tert-OH is 1. The largest absolute Gasteiger partial charge is 0.432 e. The number of carbonyl (C=O) groups excluding carboxylic acids is 2. The number of β-lactam (4-membered cyclic amide) rings is 1. The molecule has 1 aromatic heterocycles. The van der Waals surface area contributed by atoms with Gasteiger partial charge in [-0.1, -0.05) is 72.8 Å². The lowest BCUT2D eigenvalue weighted by Gasteiger charge is -2.32. The fourth-order valence-corrected chi connectivity index (χ4v) is 10.3. The summed E-state index contributed by atoms with van der Waals surface area (Å²) in [4.78, 5) is 41.9. The van der Waals surface area contributed by atoms with Crippen molar-refractivity contribution < 1.29 is 24.2 Å². The van der Waals surface area contributed by atoms with Crippen LogP contribution in [0.5, 0.6) is 0 Å². The van der Waals surface area contributed by atoms with Crippen molar-refractivity contribution in [1.82, 2.24) is 15.0 Å². The van der Waals surface area contributed by atoms with Crippen molar-refractivity contribution in [3.8, 4) is 0 Å². The number of benzene rings is 3. The molecule has 46 heavy (non-hydrogen) atoms. The van der Waals surface area contributed by atoms with E-state index in [1.807, 2.05) is 98.9 Å². The van der Waals surface area contributed by atoms with Gasteiger partial charge >= 0.3 is 0 Å². The number of aryl methyl sites for hydroxylation is 1. The summed E-state index contributed by atoms with van der Waals surface area (Å²) < 4.78 is 8.63. The average Bonchev–Trinajstić information content (AvgIpc) is 3.70. The maximum absolute atomic E-state index is 14.7. The van der Waals surface area contributed by atoms with Gasteiger partial charge in [-0.05, 0) is 48.8 Å². The van der Waals surface area contributed by atoms with Gasteiger partial charge in [-0.15, -0.1) is 5.10 Å². The Hall–Kier alpha value is -4.16. The van der Waals surface area contributed by atoms with Gasteiger partial charge in [-0.3, -0.25) is 14.3 Å². The summed E-state index contributed by atoms with van der Waals surface area (Å²) in [7, 11) is -2.83. The SMILES string of the molecule is C[C@H]1[C@H]([Si](C)(C)O)[C@@H](CCn2cc([C@H](O)c3ccccc3)nn2)O[C@]12C(=O)N(Cc1cccc(N3CCC3=O)c1)c1ccccc12. The summed E-state index contributed by atoms with van der Waals surface area (Å²) in [6.07, 6.45) is 1.52. The van der Waals surface area contributed by atoms with Gasteiger partial charge in [-0.2, -0.15) is 0 Å². The van der Waals surface area contributed by atoms with Gasteiger partial charge < -0.3 is 24.4 Å². The molecule has 2 amide bonds. The molecule has 3 aliphatic heterocycles. The van der Waals surface area contributed by atoms with E-state index < -0.39 is 26.1 Å². The van der Waals surface area contributed by atoms with Crippen molar-refractivity contribution in [2.75, 3.05) is 16.3 Å². The van der Waals surface area contributed by atoms with Crippen molar-refractivity contribution in [3.63, 3.8) is 0 Å². The van der Waals surface area contributed by atoms with Gasteiger partial charge in [0.1, 0.15) is 11.8 Å². The standard InChI is InChI=1S/C35H39N5O5Si/c1-23-33(46(2,3)44)30(16-18-38-22-28(36-37-38)32(42)25-11-5-4-6-12-25)45-35(23)27-14-7-8-15-29(27)40(34(35)43)21-24-10-9-13-26(20-24)39-19-17-31(39)41/h4-15,20,22-23,30,32-33,42,44H,16-19,21H2,1-3H3/t23-,30+,32+,33-,35+/m0/s1. The molecule has 4 heterocycles. The first-order valence-corrected chi connectivity index (χ1v) is 18.9. The van der Waals surface area contributed by atoms with Crippen LogP contribution in [0.25, 0.3) is 0 Å². The topological polar surface area (TPSA) is 121 Å². The van der Waals surface area contributed by atoms with Crippen LogP contribution in [0.3, 0.4) is 0 Å². The molecule has 3 aromatic carbocycles. The zero-order valence-electron chi connectivity index (χ0n) is 26.3. The van der Waals surface area contributed by atoms with Crippen LogP contribution in [0, 0.1) is 5.92 Å². The van der Waals surface area contributed by atoms with Crippen molar-refractivity contribution in [2.24, 2.45) is 5.92 Å². The number of hydrogen-bond acceptors (Lipinski definition) is 7. The summed E-state index contributed by atoms with van der Waals surface area (Å²) in [6, 6.07) is 24.9. The van der Waals surface area contributed by atoms with E-state index in [4.69, 9.17) is 4.74 Å². The highest BCUT2D eigenvalue weighted by Crippen LogP contribution is 2.59. The number of rotatable bonds is 9. The van der Waals surface area contributed by atoms with E-state index in [0.717, 1.165) is 28.1 Å². The second-order valence-electron chi connectivity index (χ2n) is 13.2. The Labute approximate surface area is 269 Å². The zero-order chi connectivity index (χ0) is 32.2. The minimum Gasteiger partial charge on any atom is -0.432 e. The molecular weight excluding hydrogens is 599 g/mol. The van der Waals surface area contributed by atoms with Crippen LogP contribution in [0.4, 0.5) is 11.4 Å². The van der Waals surface area contributed by atoms with Gasteiger partial charge in [0.15, 0.2) is 13.9 Å². The first-order valence-electron chi connectivity index (χ1n) is 15.9. The second-order valence-corrected chi connectivity index (χ2v) is 17.2. The number of nitrogens with zero attached hydrogens (tertiary/aromatic N) is 5. The van der Waals surface area contributed by atoms with Crippen molar-refractivity contribution in [1.29, 1.82) is 0 Å². The third-order valence-electron chi connectivity index (χ3n) is 9.90. The van der Waals surface area contributed by atoms with Crippen LogP contribution in [0.15, 0.2) is 85.1 Å². The van der Waals surface area contributed by atoms with Crippen molar-refractivity contribution in [2.45, 2.75) is 69.3 Å². The Morgan fingerprint density at radius 2 is 1.80 bits per heavy atom. The molecule has 0 aliphatic carbocycles. The molecule has 1 spiro atoms. The van der Waals surface area contributed by atoms with E-state index in [9.17, 15) is 19.5 Å². The van der Waals surface area contributed by atoms with Crippen molar-refractivity contribution >= 4 is 31.5 Å². The molecule has 4 aromatic rings. The molecule has 0 radical (unpaired) electrons. The molecule has 238 valence electrons. The van der Waals surface area contributed by atoms with Gasteiger partial charge in [-0.25, -0.2) is 0 Å². The molecule has 2 N–H and O–H groups in total. The second kappa shape index (κ2) is 11.6. The van der Waals surface area contributed by atoms with Crippen LogP contribution in [-0.4, -0.2) is 57.7 Å². The lowest BCUT2D eigenvalue weighted by atomic mass is 9.82. The lowest BCUT2D eigenvalue weighted by molar-refractivity contribution is -0.146. The van der Waals surface area contributed by atoms with Gasteiger partial charge in [0.2, 0.25) is 5.91 Å². The predicted molar refractivity (Wildman–Crippen MR) is 175 cm³/mol. The van der Waals surface area contributed by atoms with Crippen LogP contribution < -0.4 is 9.80 Å². The zero-order valence-corrected chi connectivity index (χ0v) is 27.3. The first-order chi connectivity index (χ1) is 22.1. The Bertz CT molecular complexity index is 1770. The molecule has 11 heteroatoms. The normalized spacial score (nSPS) is 24.8. The predicted octanol–water partition coefficient (Wildman–Crippen LogP) is 4.53. The number of aromatic nitrogens is 3. The fraction of sp³-hybridized carbons (Fsp3) is 0.371. The van der Waals surface area contributed by atoms with Gasteiger partial charge in [0.05, 0.1) is 24.5 Å². The molecule has 3 aliphatic rings. The lowest BCUT2D eigenvalue weighted by Crippen LogP contribution is -2.46. The number of ether oxygens (including phenoxy) is 1. The molecule has 2 saturated heterocycles. The van der Waals surface area contributed by atoms with E-state index in [1.165, 1.54) is 0 Å². The Morgan fingerprint density at radius 1 is 1.04 bits per heavy atom. The summed E-state index contributed by atoms with van der Waals surface area (Å²) in [5.41, 5.74) is 3.13. The fourth-order valence-electron chi connectivity index (χ4n) is 7.67. The smallest absolute Gasteiger partial charge is 0.264 e. The average molecular weight is 638 g/mol. The van der Waals surface area contributed by atoms with E-state index in [0.29, 0.717) is 38.2 Å². The maximum atomic E-state index is 14.7. The van der Waals surface area contributed by atoms with Crippen LogP contribution in [-0.2, 0) is 33.0 Å². The van der Waals surface area contributed by atoms with Crippen molar-refractivity contribution in [3.05, 3.63) is 107 Å². The number of amides is 2. The highest BCUT2D eigenvalue weighted by molar-refractivity contribution is 6.71. The highest BCUT2D eigenvalue weighted by Gasteiger charge is 2.66. The highest BCUT2D eigenvalue weighted by atomic mass is 28.4. The molecule has 2 fully saturated rings. The quantitative estimate of drug-likeness (QED) is 0.204. The van der Waals surface area contributed by atoms with E-state index in [1.54, 1.807) is 20.7 Å². The molecule has 5 atom stereocenters. The maximum Gasteiger partial charge on any atom is 0.264 e. The number of hydrogen-bond donors (Lipinski definition) is 2. The van der Waals surface area contributed by atoms with Crippen LogP contribution in [0.1, 0.15) is 48.3 Å². The molecule has 0 saturated carbocycles. The molecular formula is C35H39N5O5Si. The molecule has 10 nitrogen and oxygen atoms in total. The van der Waals surface area contributed by atoms with Gasteiger partial charge in [0.25, 0.3) is 5.91 Å². The minimum atomic E-state index is -2.83. The summed E-state index contributed by atoms with van der Waals surface area (Å²) >= 11 is 0. The third-order valence-corrected chi connectivity index (χ3v) is 12.4. The minimum absolute atomic E-state index is 0.106. The molecule has 7 rings (SSSR count). The Morgan fingerprint density at radius 3 is 2.52 bits per heavy atom. The first kappa shape index (κ1) is 30.5. The Kier molecular flexibility index (Phi) is 7.67. The molecule has 0 bridgehead atoms. The van der Waals surface area contributed by atoms with Gasteiger partial charge in [0, 0.05) is 42.2 Å². The number of fused-ring (bicyclic) bond motifs is 2. The molecule has 0 unspecified atom stereocenters. The number of para-hydroxylation sites is 1. The van der Waals surface area contributed by atoms with Crippen LogP contribution >= 0.6 is 0 Å². The summed E-state index contributed by atoms with van der Waals surface area (Å²) in [5.74, 6) is -0.306. The summed E-state index contributed by atoms with van der Waals surface area (Å²) in [6.45, 7) is 7.36. The van der Waals surface area contributed by atoms with E-state index in [2.05, 4.69) is 10.3 Å². The van der Waals surface area contributed by atoms with E-state index >= 15 is 0 Å². The monoisotopic (exact) mass is 637 g/mol.